The van der Waals surface area contributed by atoms with Crippen LogP contribution in [-0.4, -0.2) is 42.3 Å². The Kier molecular flexibility index (Phi) is 5.68. The Hall–Kier alpha value is -2.67. The van der Waals surface area contributed by atoms with Crippen LogP contribution < -0.4 is 10.6 Å². The van der Waals surface area contributed by atoms with Gasteiger partial charge >= 0.3 is 5.97 Å². The van der Waals surface area contributed by atoms with Crippen LogP contribution in [0.1, 0.15) is 32.9 Å². The van der Waals surface area contributed by atoms with Crippen molar-refractivity contribution in [2.75, 3.05) is 20.2 Å². The van der Waals surface area contributed by atoms with Gasteiger partial charge in [0.15, 0.2) is 5.69 Å². The van der Waals surface area contributed by atoms with Gasteiger partial charge in [-0.15, -0.1) is 0 Å². The highest BCUT2D eigenvalue weighted by Gasteiger charge is 2.24. The zero-order valence-electron chi connectivity index (χ0n) is 15.1. The number of aromatic nitrogens is 2. The van der Waals surface area contributed by atoms with E-state index in [0.717, 1.165) is 35.3 Å². The third-order valence-corrected chi connectivity index (χ3v) is 4.63. The number of hydrogen-bond acceptors (Lipinski definition) is 5. The van der Waals surface area contributed by atoms with Crippen molar-refractivity contribution < 1.29 is 14.3 Å². The van der Waals surface area contributed by atoms with Crippen LogP contribution in [0.25, 0.3) is 0 Å². The maximum absolute atomic E-state index is 12.5. The van der Waals surface area contributed by atoms with E-state index in [9.17, 15) is 9.59 Å². The number of ether oxygens (including phenoxy) is 1. The molecule has 1 aromatic carbocycles. The molecule has 0 aliphatic carbocycles. The van der Waals surface area contributed by atoms with Crippen LogP contribution in [0, 0.1) is 12.8 Å². The van der Waals surface area contributed by atoms with Gasteiger partial charge in [0.1, 0.15) is 0 Å². The molecule has 1 aliphatic heterocycles. The molecule has 7 nitrogen and oxygen atoms in total. The normalized spacial score (nSPS) is 14.4. The number of nitrogens with one attached hydrogen (secondary N) is 3. The standard InChI is InChI=1S/C19H24N4O3/c1-12-4-3-5-13(8-12)9-14(19(25)26-2)10-21-18(24)17-15-11-20-7-6-16(15)22-23-17/h3-5,8,14,20H,6-7,9-11H2,1-2H3,(H,21,24)(H,22,23). The number of hydrogen-bond donors (Lipinski definition) is 3. The van der Waals surface area contributed by atoms with Crippen molar-refractivity contribution in [1.29, 1.82) is 0 Å². The minimum atomic E-state index is -0.446. The second-order valence-corrected chi connectivity index (χ2v) is 6.58. The molecular formula is C19H24N4O3. The van der Waals surface area contributed by atoms with E-state index in [1.165, 1.54) is 7.11 Å². The Morgan fingerprint density at radius 2 is 2.23 bits per heavy atom. The molecule has 3 rings (SSSR count). The van der Waals surface area contributed by atoms with E-state index in [0.29, 0.717) is 18.7 Å². The lowest BCUT2D eigenvalue weighted by molar-refractivity contribution is -0.145. The van der Waals surface area contributed by atoms with Crippen LogP contribution >= 0.6 is 0 Å². The summed E-state index contributed by atoms with van der Waals surface area (Å²) in [6, 6.07) is 7.97. The van der Waals surface area contributed by atoms with E-state index in [-0.39, 0.29) is 18.4 Å². The molecule has 1 atom stereocenters. The Morgan fingerprint density at radius 1 is 1.38 bits per heavy atom. The average molecular weight is 356 g/mol. The van der Waals surface area contributed by atoms with Gasteiger partial charge < -0.3 is 15.4 Å². The predicted octanol–water partition coefficient (Wildman–Crippen LogP) is 1.13. The van der Waals surface area contributed by atoms with E-state index < -0.39 is 5.92 Å². The molecule has 0 spiro atoms. The summed E-state index contributed by atoms with van der Waals surface area (Å²) in [5.74, 6) is -1.06. The molecule has 138 valence electrons. The van der Waals surface area contributed by atoms with Crippen molar-refractivity contribution in [3.63, 3.8) is 0 Å². The SMILES string of the molecule is COC(=O)C(CNC(=O)c1n[nH]c2c1CNCC2)Cc1cccc(C)c1. The third-order valence-electron chi connectivity index (χ3n) is 4.63. The summed E-state index contributed by atoms with van der Waals surface area (Å²) in [7, 11) is 1.36. The Bertz CT molecular complexity index is 800. The van der Waals surface area contributed by atoms with Crippen LogP contribution in [-0.2, 0) is 28.9 Å². The molecule has 3 N–H and O–H groups in total. The largest absolute Gasteiger partial charge is 0.469 e. The van der Waals surface area contributed by atoms with E-state index in [1.807, 2.05) is 31.2 Å². The molecule has 1 unspecified atom stereocenters. The van der Waals surface area contributed by atoms with Crippen LogP contribution in [0.5, 0.6) is 0 Å². The lowest BCUT2D eigenvalue weighted by Crippen LogP contribution is -2.35. The molecule has 2 heterocycles. The smallest absolute Gasteiger partial charge is 0.310 e. The number of fused-ring (bicyclic) bond motifs is 1. The topological polar surface area (TPSA) is 96.1 Å². The summed E-state index contributed by atoms with van der Waals surface area (Å²) in [5, 5.41) is 13.1. The van der Waals surface area contributed by atoms with Gasteiger partial charge in [-0.25, -0.2) is 0 Å². The summed E-state index contributed by atoms with van der Waals surface area (Å²) >= 11 is 0. The number of carbonyl (C=O) groups excluding carboxylic acids is 2. The highest BCUT2D eigenvalue weighted by Crippen LogP contribution is 2.16. The van der Waals surface area contributed by atoms with Crippen molar-refractivity contribution >= 4 is 11.9 Å². The van der Waals surface area contributed by atoms with Crippen molar-refractivity contribution in [1.82, 2.24) is 20.8 Å². The molecule has 7 heteroatoms. The van der Waals surface area contributed by atoms with Crippen LogP contribution in [0.3, 0.4) is 0 Å². The van der Waals surface area contributed by atoms with Gasteiger partial charge in [-0.05, 0) is 18.9 Å². The number of aryl methyl sites for hydroxylation is 1. The molecule has 2 aromatic rings. The summed E-state index contributed by atoms with van der Waals surface area (Å²) in [5.41, 5.74) is 4.47. The quantitative estimate of drug-likeness (QED) is 0.674. The minimum absolute atomic E-state index is 0.203. The first-order chi connectivity index (χ1) is 12.6. The highest BCUT2D eigenvalue weighted by molar-refractivity contribution is 5.94. The van der Waals surface area contributed by atoms with Gasteiger partial charge in [0.25, 0.3) is 5.91 Å². The number of rotatable bonds is 6. The van der Waals surface area contributed by atoms with E-state index in [4.69, 9.17) is 4.74 Å². The maximum Gasteiger partial charge on any atom is 0.310 e. The second-order valence-electron chi connectivity index (χ2n) is 6.58. The van der Waals surface area contributed by atoms with Gasteiger partial charge in [-0.1, -0.05) is 29.8 Å². The first kappa shape index (κ1) is 18.1. The van der Waals surface area contributed by atoms with E-state index in [2.05, 4.69) is 20.8 Å². The molecule has 26 heavy (non-hydrogen) atoms. The first-order valence-corrected chi connectivity index (χ1v) is 8.77. The Balaban J connectivity index is 1.66. The molecule has 1 amide bonds. The van der Waals surface area contributed by atoms with Gasteiger partial charge in [-0.2, -0.15) is 5.10 Å². The van der Waals surface area contributed by atoms with E-state index in [1.54, 1.807) is 0 Å². The summed E-state index contributed by atoms with van der Waals surface area (Å²) < 4.78 is 4.91. The van der Waals surface area contributed by atoms with Crippen LogP contribution in [0.2, 0.25) is 0 Å². The maximum atomic E-state index is 12.5. The third kappa shape index (κ3) is 4.11. The summed E-state index contributed by atoms with van der Waals surface area (Å²) in [6.45, 7) is 3.71. The number of esters is 1. The molecular weight excluding hydrogens is 332 g/mol. The zero-order valence-corrected chi connectivity index (χ0v) is 15.1. The number of nitrogens with zero attached hydrogens (tertiary/aromatic N) is 1. The summed E-state index contributed by atoms with van der Waals surface area (Å²) in [4.78, 5) is 24.7. The van der Waals surface area contributed by atoms with Crippen LogP contribution in [0.4, 0.5) is 0 Å². The molecule has 1 aliphatic rings. The fourth-order valence-corrected chi connectivity index (χ4v) is 3.24. The fraction of sp³-hybridized carbons (Fsp3) is 0.421. The molecule has 0 saturated carbocycles. The zero-order chi connectivity index (χ0) is 18.5. The molecule has 0 bridgehead atoms. The van der Waals surface area contributed by atoms with Gasteiger partial charge in [0.2, 0.25) is 0 Å². The lowest BCUT2D eigenvalue weighted by atomic mass is 9.98. The van der Waals surface area contributed by atoms with E-state index >= 15 is 0 Å². The van der Waals surface area contributed by atoms with Crippen molar-refractivity contribution in [3.05, 3.63) is 52.3 Å². The highest BCUT2D eigenvalue weighted by atomic mass is 16.5. The lowest BCUT2D eigenvalue weighted by Gasteiger charge is -2.16. The predicted molar refractivity (Wildman–Crippen MR) is 96.7 cm³/mol. The second kappa shape index (κ2) is 8.14. The average Bonchev–Trinajstić information content (AvgIpc) is 3.08. The number of benzene rings is 1. The van der Waals surface area contributed by atoms with Crippen molar-refractivity contribution in [2.45, 2.75) is 26.3 Å². The van der Waals surface area contributed by atoms with Crippen LogP contribution in [0.15, 0.2) is 24.3 Å². The van der Waals surface area contributed by atoms with Gasteiger partial charge in [0, 0.05) is 37.3 Å². The Morgan fingerprint density at radius 3 is 3.00 bits per heavy atom. The fourth-order valence-electron chi connectivity index (χ4n) is 3.24. The number of aromatic amines is 1. The number of carbonyl (C=O) groups is 2. The van der Waals surface area contributed by atoms with Gasteiger partial charge in [0.05, 0.1) is 13.0 Å². The Labute approximate surface area is 152 Å². The van der Waals surface area contributed by atoms with Gasteiger partial charge in [-0.3, -0.25) is 14.7 Å². The molecule has 0 radical (unpaired) electrons. The number of amides is 1. The monoisotopic (exact) mass is 356 g/mol. The molecule has 1 aromatic heterocycles. The number of H-pyrrole nitrogens is 1. The summed E-state index contributed by atoms with van der Waals surface area (Å²) in [6.07, 6.45) is 1.34. The molecule has 0 fully saturated rings. The minimum Gasteiger partial charge on any atom is -0.469 e. The van der Waals surface area contributed by atoms with Crippen molar-refractivity contribution in [2.24, 2.45) is 5.92 Å². The molecule has 0 saturated heterocycles. The van der Waals surface area contributed by atoms with Crippen molar-refractivity contribution in [3.8, 4) is 0 Å². The first-order valence-electron chi connectivity index (χ1n) is 8.77. The number of methoxy groups -OCH3 is 1.